The zero-order valence-corrected chi connectivity index (χ0v) is 10.5. The Morgan fingerprint density at radius 1 is 1.39 bits per heavy atom. The van der Waals surface area contributed by atoms with E-state index in [-0.39, 0.29) is 12.6 Å². The molecule has 1 unspecified atom stereocenters. The maximum Gasteiger partial charge on any atom is 0.135 e. The normalized spacial score (nSPS) is 14.8. The Labute approximate surface area is 106 Å². The number of para-hydroxylation sites is 1. The van der Waals surface area contributed by atoms with Crippen LogP contribution in [0.4, 0.5) is 4.39 Å². The van der Waals surface area contributed by atoms with Crippen molar-refractivity contribution in [2.75, 3.05) is 13.2 Å². The quantitative estimate of drug-likeness (QED) is 0.734. The highest BCUT2D eigenvalue weighted by atomic mass is 19.1. The number of aliphatic hydroxyl groups excluding tert-OH is 1. The lowest BCUT2D eigenvalue weighted by atomic mass is 10.1. The molecule has 4 heteroatoms. The minimum absolute atomic E-state index is 0.175. The lowest BCUT2D eigenvalue weighted by Crippen LogP contribution is -2.34. The van der Waals surface area contributed by atoms with Crippen LogP contribution in [0.3, 0.4) is 0 Å². The predicted octanol–water partition coefficient (Wildman–Crippen LogP) is 2.02. The van der Waals surface area contributed by atoms with Crippen LogP contribution in [0.15, 0.2) is 30.5 Å². The van der Waals surface area contributed by atoms with Crippen molar-refractivity contribution in [2.45, 2.75) is 25.6 Å². The highest BCUT2D eigenvalue weighted by molar-refractivity contribution is 5.83. The number of hydrogen-bond donors (Lipinski definition) is 3. The third kappa shape index (κ3) is 3.09. The molecule has 18 heavy (non-hydrogen) atoms. The van der Waals surface area contributed by atoms with Crippen LogP contribution in [0.25, 0.3) is 10.9 Å². The van der Waals surface area contributed by atoms with E-state index in [1.54, 1.807) is 0 Å². The van der Waals surface area contributed by atoms with Crippen molar-refractivity contribution in [3.05, 3.63) is 36.0 Å². The largest absolute Gasteiger partial charge is 0.393 e. The fourth-order valence-electron chi connectivity index (χ4n) is 2.10. The van der Waals surface area contributed by atoms with E-state index in [0.29, 0.717) is 0 Å². The minimum Gasteiger partial charge on any atom is -0.393 e. The number of rotatable bonds is 6. The number of aliphatic hydroxyl groups is 1. The van der Waals surface area contributed by atoms with Gasteiger partial charge in [-0.15, -0.1) is 0 Å². The van der Waals surface area contributed by atoms with E-state index in [2.05, 4.69) is 16.4 Å². The standard InChI is InChI=1S/C14H19FN2O/c1-10(16-8-12(15)9-18)6-11-7-17-14-5-3-2-4-13(11)14/h2-5,7,10,12,16-18H,6,8-9H2,1H3/t10-,12?/m1/s1. The Kier molecular flexibility index (Phi) is 4.33. The van der Waals surface area contributed by atoms with Gasteiger partial charge in [-0.25, -0.2) is 4.39 Å². The molecule has 1 aromatic carbocycles. The fourth-order valence-corrected chi connectivity index (χ4v) is 2.10. The van der Waals surface area contributed by atoms with Gasteiger partial charge in [-0.1, -0.05) is 18.2 Å². The van der Waals surface area contributed by atoms with E-state index in [0.717, 1.165) is 11.9 Å². The first kappa shape index (κ1) is 13.1. The third-order valence-corrected chi connectivity index (χ3v) is 3.09. The van der Waals surface area contributed by atoms with Crippen LogP contribution in [0.5, 0.6) is 0 Å². The number of H-pyrrole nitrogens is 1. The maximum atomic E-state index is 12.9. The molecule has 0 amide bonds. The molecular formula is C14H19FN2O. The van der Waals surface area contributed by atoms with Crippen LogP contribution in [-0.4, -0.2) is 35.5 Å². The van der Waals surface area contributed by atoms with E-state index in [4.69, 9.17) is 5.11 Å². The molecule has 0 fully saturated rings. The Bertz CT molecular complexity index is 497. The molecule has 98 valence electrons. The third-order valence-electron chi connectivity index (χ3n) is 3.09. The van der Waals surface area contributed by atoms with E-state index < -0.39 is 12.8 Å². The summed E-state index contributed by atoms with van der Waals surface area (Å²) in [6.45, 7) is 1.79. The summed E-state index contributed by atoms with van der Waals surface area (Å²) in [7, 11) is 0. The number of benzene rings is 1. The maximum absolute atomic E-state index is 12.9. The molecule has 0 spiro atoms. The fraction of sp³-hybridized carbons (Fsp3) is 0.429. The lowest BCUT2D eigenvalue weighted by molar-refractivity contribution is 0.172. The summed E-state index contributed by atoms with van der Waals surface area (Å²) in [4.78, 5) is 3.23. The smallest absolute Gasteiger partial charge is 0.135 e. The van der Waals surface area contributed by atoms with E-state index >= 15 is 0 Å². The highest BCUT2D eigenvalue weighted by Crippen LogP contribution is 2.18. The van der Waals surface area contributed by atoms with Crippen LogP contribution in [0.1, 0.15) is 12.5 Å². The number of nitrogens with one attached hydrogen (secondary N) is 2. The molecule has 1 heterocycles. The van der Waals surface area contributed by atoms with E-state index in [1.165, 1.54) is 10.9 Å². The van der Waals surface area contributed by atoms with E-state index in [1.807, 2.05) is 31.3 Å². The molecule has 2 atom stereocenters. The second-order valence-corrected chi connectivity index (χ2v) is 4.65. The van der Waals surface area contributed by atoms with Crippen molar-refractivity contribution in [1.29, 1.82) is 0 Å². The summed E-state index contributed by atoms with van der Waals surface area (Å²) in [6.07, 6.45) is 1.65. The van der Waals surface area contributed by atoms with Crippen molar-refractivity contribution in [3.8, 4) is 0 Å². The number of aromatic amines is 1. The predicted molar refractivity (Wildman–Crippen MR) is 71.4 cm³/mol. The summed E-state index contributed by atoms with van der Waals surface area (Å²) in [5, 5.41) is 12.9. The Morgan fingerprint density at radius 2 is 2.17 bits per heavy atom. The van der Waals surface area contributed by atoms with Gasteiger partial charge in [0.2, 0.25) is 0 Å². The van der Waals surface area contributed by atoms with Gasteiger partial charge in [-0.2, -0.15) is 0 Å². The van der Waals surface area contributed by atoms with Gasteiger partial charge in [0.1, 0.15) is 6.17 Å². The number of hydrogen-bond acceptors (Lipinski definition) is 2. The van der Waals surface area contributed by atoms with Crippen LogP contribution >= 0.6 is 0 Å². The summed E-state index contributed by atoms with van der Waals surface area (Å²) < 4.78 is 12.9. The van der Waals surface area contributed by atoms with Gasteiger partial charge in [0, 0.05) is 29.7 Å². The van der Waals surface area contributed by atoms with Crippen molar-refractivity contribution < 1.29 is 9.50 Å². The SMILES string of the molecule is C[C@H](Cc1c[nH]c2ccccc12)NCC(F)CO. The van der Waals surface area contributed by atoms with Crippen molar-refractivity contribution in [3.63, 3.8) is 0 Å². The first-order valence-corrected chi connectivity index (χ1v) is 6.24. The second kappa shape index (κ2) is 5.98. The summed E-state index contributed by atoms with van der Waals surface area (Å²) in [5.41, 5.74) is 2.35. The van der Waals surface area contributed by atoms with Gasteiger partial charge in [0.05, 0.1) is 6.61 Å². The first-order chi connectivity index (χ1) is 8.70. The second-order valence-electron chi connectivity index (χ2n) is 4.65. The molecule has 2 rings (SSSR count). The van der Waals surface area contributed by atoms with Gasteiger partial charge >= 0.3 is 0 Å². The Morgan fingerprint density at radius 3 is 2.94 bits per heavy atom. The minimum atomic E-state index is -1.18. The summed E-state index contributed by atoms with van der Waals surface area (Å²) >= 11 is 0. The lowest BCUT2D eigenvalue weighted by Gasteiger charge is -2.14. The zero-order valence-electron chi connectivity index (χ0n) is 10.5. The van der Waals surface area contributed by atoms with Crippen molar-refractivity contribution in [1.82, 2.24) is 10.3 Å². The van der Waals surface area contributed by atoms with Crippen LogP contribution < -0.4 is 5.32 Å². The average molecular weight is 250 g/mol. The van der Waals surface area contributed by atoms with Gasteiger partial charge in [0.25, 0.3) is 0 Å². The molecule has 0 saturated heterocycles. The zero-order chi connectivity index (χ0) is 13.0. The van der Waals surface area contributed by atoms with Crippen LogP contribution in [0.2, 0.25) is 0 Å². The number of halogens is 1. The van der Waals surface area contributed by atoms with Gasteiger partial charge in [0.15, 0.2) is 0 Å². The van der Waals surface area contributed by atoms with Gasteiger partial charge < -0.3 is 15.4 Å². The molecule has 0 radical (unpaired) electrons. The molecule has 1 aromatic heterocycles. The first-order valence-electron chi connectivity index (χ1n) is 6.24. The number of fused-ring (bicyclic) bond motifs is 1. The van der Waals surface area contributed by atoms with Gasteiger partial charge in [-0.05, 0) is 25.0 Å². The molecule has 0 bridgehead atoms. The molecule has 0 saturated carbocycles. The van der Waals surface area contributed by atoms with Crippen LogP contribution in [-0.2, 0) is 6.42 Å². The number of aromatic nitrogens is 1. The molecule has 3 N–H and O–H groups in total. The Balaban J connectivity index is 1.96. The summed E-state index contributed by atoms with van der Waals surface area (Å²) in [5.74, 6) is 0. The van der Waals surface area contributed by atoms with Gasteiger partial charge in [-0.3, -0.25) is 0 Å². The van der Waals surface area contributed by atoms with Crippen molar-refractivity contribution >= 4 is 10.9 Å². The monoisotopic (exact) mass is 250 g/mol. The summed E-state index contributed by atoms with van der Waals surface area (Å²) in [6, 6.07) is 8.31. The molecule has 0 aliphatic carbocycles. The van der Waals surface area contributed by atoms with Crippen LogP contribution in [0, 0.1) is 0 Å². The molecular weight excluding hydrogens is 231 g/mol. The molecule has 3 nitrogen and oxygen atoms in total. The average Bonchev–Trinajstić information content (AvgIpc) is 2.79. The topological polar surface area (TPSA) is 48.0 Å². The molecule has 2 aromatic rings. The molecule has 0 aliphatic rings. The highest BCUT2D eigenvalue weighted by Gasteiger charge is 2.10. The Hall–Kier alpha value is -1.39. The van der Waals surface area contributed by atoms with Crippen molar-refractivity contribution in [2.24, 2.45) is 0 Å². The van der Waals surface area contributed by atoms with E-state index in [9.17, 15) is 4.39 Å². The molecule has 0 aliphatic heterocycles. The number of alkyl halides is 1.